The van der Waals surface area contributed by atoms with Crippen LogP contribution in [0.3, 0.4) is 0 Å². The Balaban J connectivity index is 2.52. The van der Waals surface area contributed by atoms with Crippen molar-refractivity contribution in [2.45, 2.75) is 6.92 Å². The molecule has 3 aromatic rings. The molecule has 3 aromatic carbocycles. The third-order valence-electron chi connectivity index (χ3n) is 4.47. The van der Waals surface area contributed by atoms with Gasteiger partial charge in [0.2, 0.25) is 0 Å². The Bertz CT molecular complexity index is 1090. The number of benzene rings is 3. The molecule has 0 nitrogen and oxygen atoms in total. The van der Waals surface area contributed by atoms with Crippen molar-refractivity contribution in [1.82, 2.24) is 0 Å². The van der Waals surface area contributed by atoms with Crippen molar-refractivity contribution in [1.29, 1.82) is 0 Å². The van der Waals surface area contributed by atoms with E-state index in [0.29, 0.717) is 6.92 Å². The van der Waals surface area contributed by atoms with Crippen LogP contribution >= 0.6 is 0 Å². The van der Waals surface area contributed by atoms with Crippen LogP contribution in [0.1, 0.15) is 5.56 Å². The Morgan fingerprint density at radius 1 is 0.500 bits per heavy atom. The normalized spacial score (nSPS) is 11.2. The number of hydrogen-bond acceptors (Lipinski definition) is 0. The first-order chi connectivity index (χ1) is 14.0. The van der Waals surface area contributed by atoms with E-state index in [1.807, 2.05) is 0 Å². The third-order valence-corrected chi connectivity index (χ3v) is 4.47. The summed E-state index contributed by atoms with van der Waals surface area (Å²) >= 11 is 0. The molecule has 0 N–H and O–H groups in total. The molecule has 0 amide bonds. The van der Waals surface area contributed by atoms with Gasteiger partial charge in [0.05, 0.1) is 0 Å². The molecule has 0 heterocycles. The van der Waals surface area contributed by atoms with Gasteiger partial charge in [-0.3, -0.25) is 0 Å². The standard InChI is InChI=1S/C19H7BF10/c1-6-14(25)18(29)13(19(30)15(6)26)20(9-2-7(21)4-11(23)16(9)27)10-3-8(22)5-12(24)17(10)28/h2-5H,1H3. The highest BCUT2D eigenvalue weighted by molar-refractivity contribution is 6.95. The predicted octanol–water partition coefficient (Wildman–Crippen LogP) is 3.90. The second-order valence-electron chi connectivity index (χ2n) is 6.31. The van der Waals surface area contributed by atoms with Crippen molar-refractivity contribution in [3.8, 4) is 0 Å². The summed E-state index contributed by atoms with van der Waals surface area (Å²) in [6.07, 6.45) is 0. The van der Waals surface area contributed by atoms with Crippen LogP contribution in [0.5, 0.6) is 0 Å². The average Bonchev–Trinajstić information content (AvgIpc) is 2.68. The van der Waals surface area contributed by atoms with Crippen LogP contribution in [0.15, 0.2) is 24.3 Å². The maximum absolute atomic E-state index is 14.6. The van der Waals surface area contributed by atoms with Crippen LogP contribution in [-0.2, 0) is 0 Å². The Hall–Kier alpha value is -2.98. The summed E-state index contributed by atoms with van der Waals surface area (Å²) in [6, 6.07) is 0.364. The SMILES string of the molecule is Cc1c(F)c(F)c(B(c2cc(F)cc(F)c2F)c2cc(F)cc(F)c2F)c(F)c1F. The molecule has 0 aromatic heterocycles. The smallest absolute Gasteiger partial charge is 0.207 e. The average molecular weight is 436 g/mol. The topological polar surface area (TPSA) is 0 Å². The summed E-state index contributed by atoms with van der Waals surface area (Å²) in [5.74, 6) is -19.1. The van der Waals surface area contributed by atoms with Crippen molar-refractivity contribution >= 4 is 23.1 Å². The van der Waals surface area contributed by atoms with Crippen LogP contribution in [0, 0.1) is 65.1 Å². The lowest BCUT2D eigenvalue weighted by Crippen LogP contribution is -2.58. The molecule has 0 spiro atoms. The van der Waals surface area contributed by atoms with Crippen molar-refractivity contribution in [3.05, 3.63) is 88.0 Å². The molecular weight excluding hydrogens is 429 g/mol. The van der Waals surface area contributed by atoms with Crippen molar-refractivity contribution in [3.63, 3.8) is 0 Å². The maximum atomic E-state index is 14.6. The molecule has 0 atom stereocenters. The van der Waals surface area contributed by atoms with E-state index in [1.54, 1.807) is 0 Å². The number of rotatable bonds is 3. The zero-order valence-corrected chi connectivity index (χ0v) is 14.7. The fraction of sp³-hybridized carbons (Fsp3) is 0.0526. The van der Waals surface area contributed by atoms with Gasteiger partial charge >= 0.3 is 0 Å². The molecule has 3 rings (SSSR count). The molecule has 30 heavy (non-hydrogen) atoms. The van der Waals surface area contributed by atoms with Crippen LogP contribution in [0.2, 0.25) is 0 Å². The summed E-state index contributed by atoms with van der Waals surface area (Å²) in [5.41, 5.74) is -5.57. The molecule has 0 unspecified atom stereocenters. The third kappa shape index (κ3) is 3.42. The van der Waals surface area contributed by atoms with Gasteiger partial charge in [0.1, 0.15) is 11.6 Å². The van der Waals surface area contributed by atoms with Crippen LogP contribution < -0.4 is 16.4 Å². The lowest BCUT2D eigenvalue weighted by atomic mass is 9.36. The first kappa shape index (κ1) is 21.7. The largest absolute Gasteiger partial charge is 0.257 e. The zero-order valence-electron chi connectivity index (χ0n) is 14.7. The predicted molar refractivity (Wildman–Crippen MR) is 88.3 cm³/mol. The summed E-state index contributed by atoms with van der Waals surface area (Å²) < 4.78 is 141. The molecule has 11 heteroatoms. The van der Waals surface area contributed by atoms with Crippen molar-refractivity contribution in [2.24, 2.45) is 0 Å². The summed E-state index contributed by atoms with van der Waals surface area (Å²) in [4.78, 5) is 0. The van der Waals surface area contributed by atoms with Gasteiger partial charge < -0.3 is 0 Å². The Labute approximate surface area is 162 Å². The molecule has 0 bridgehead atoms. The lowest BCUT2D eigenvalue weighted by molar-refractivity contribution is 0.453. The van der Waals surface area contributed by atoms with Gasteiger partial charge in [-0.2, -0.15) is 0 Å². The van der Waals surface area contributed by atoms with E-state index in [-0.39, 0.29) is 24.3 Å². The number of hydrogen-bond donors (Lipinski definition) is 0. The van der Waals surface area contributed by atoms with E-state index in [0.717, 1.165) is 0 Å². The maximum Gasteiger partial charge on any atom is 0.257 e. The monoisotopic (exact) mass is 436 g/mol. The fourth-order valence-electron chi connectivity index (χ4n) is 3.06. The summed E-state index contributed by atoms with van der Waals surface area (Å²) in [5, 5.41) is 0. The molecule has 156 valence electrons. The Morgan fingerprint density at radius 3 is 1.23 bits per heavy atom. The lowest BCUT2D eigenvalue weighted by Gasteiger charge is -2.20. The van der Waals surface area contributed by atoms with Crippen molar-refractivity contribution in [2.75, 3.05) is 0 Å². The molecule has 0 radical (unpaired) electrons. The van der Waals surface area contributed by atoms with Crippen LogP contribution in [0.25, 0.3) is 0 Å². The molecular formula is C19H7BF10. The molecule has 0 aliphatic heterocycles. The Kier molecular flexibility index (Phi) is 5.57. The molecule has 0 saturated heterocycles. The molecule has 0 saturated carbocycles. The van der Waals surface area contributed by atoms with E-state index in [2.05, 4.69) is 0 Å². The van der Waals surface area contributed by atoms with Crippen LogP contribution in [-0.4, -0.2) is 6.71 Å². The highest BCUT2D eigenvalue weighted by Crippen LogP contribution is 2.19. The minimum Gasteiger partial charge on any atom is -0.207 e. The highest BCUT2D eigenvalue weighted by Gasteiger charge is 2.38. The van der Waals surface area contributed by atoms with Gasteiger partial charge in [-0.15, -0.1) is 0 Å². The van der Waals surface area contributed by atoms with Gasteiger partial charge in [-0.05, 0) is 30.0 Å². The first-order valence-electron chi connectivity index (χ1n) is 8.07. The minimum absolute atomic E-state index is 0.0292. The molecule has 0 fully saturated rings. The van der Waals surface area contributed by atoms with Crippen LogP contribution in [0.4, 0.5) is 43.9 Å². The number of halogens is 10. The highest BCUT2D eigenvalue weighted by atomic mass is 19.2. The van der Waals surface area contributed by atoms with Gasteiger partial charge in [-0.1, -0.05) is 0 Å². The van der Waals surface area contributed by atoms with E-state index in [4.69, 9.17) is 0 Å². The summed E-state index contributed by atoms with van der Waals surface area (Å²) in [6.45, 7) is -2.04. The Morgan fingerprint density at radius 2 is 0.867 bits per heavy atom. The van der Waals surface area contributed by atoms with Crippen molar-refractivity contribution < 1.29 is 43.9 Å². The zero-order chi connectivity index (χ0) is 22.5. The van der Waals surface area contributed by atoms with Gasteiger partial charge in [-0.25, -0.2) is 43.9 Å². The fourth-order valence-corrected chi connectivity index (χ4v) is 3.06. The van der Waals surface area contributed by atoms with E-state index >= 15 is 0 Å². The molecule has 0 aliphatic carbocycles. The van der Waals surface area contributed by atoms with Gasteiger partial charge in [0.25, 0.3) is 6.71 Å². The van der Waals surface area contributed by atoms with Gasteiger partial charge in [0, 0.05) is 23.2 Å². The second kappa shape index (κ2) is 7.69. The quantitative estimate of drug-likeness (QED) is 0.332. The van der Waals surface area contributed by atoms with E-state index < -0.39 is 86.8 Å². The first-order valence-corrected chi connectivity index (χ1v) is 8.07. The van der Waals surface area contributed by atoms with E-state index in [9.17, 15) is 43.9 Å². The van der Waals surface area contributed by atoms with E-state index in [1.165, 1.54) is 0 Å². The minimum atomic E-state index is -2.69. The van der Waals surface area contributed by atoms with Gasteiger partial charge in [0.15, 0.2) is 46.5 Å². The second-order valence-corrected chi connectivity index (χ2v) is 6.31. The summed E-state index contributed by atoms with van der Waals surface area (Å²) in [7, 11) is 0. The molecule has 0 aliphatic rings.